The molecule has 3 aromatic rings. The van der Waals surface area contributed by atoms with E-state index in [0.29, 0.717) is 16.3 Å². The van der Waals surface area contributed by atoms with Crippen LogP contribution in [0.25, 0.3) is 10.8 Å². The number of esters is 1. The highest BCUT2D eigenvalue weighted by atomic mass is 19.1. The topological polar surface area (TPSA) is 70.4 Å². The second kappa shape index (κ2) is 6.72. The molecule has 3 rings (SSSR count). The smallest absolute Gasteiger partial charge is 0.359 e. The van der Waals surface area contributed by atoms with Gasteiger partial charge in [0, 0.05) is 12.4 Å². The highest BCUT2D eigenvalue weighted by molar-refractivity contribution is 6.02. The first-order valence-electron chi connectivity index (χ1n) is 7.47. The molecular formula is C18H15FN2O4. The van der Waals surface area contributed by atoms with Crippen LogP contribution in [0.1, 0.15) is 16.1 Å². The van der Waals surface area contributed by atoms with Crippen LogP contribution >= 0.6 is 0 Å². The average molecular weight is 342 g/mol. The molecule has 0 N–H and O–H groups in total. The van der Waals surface area contributed by atoms with Gasteiger partial charge < -0.3 is 9.47 Å². The number of nitrogens with zero attached hydrogens (tertiary/aromatic N) is 2. The molecule has 0 amide bonds. The van der Waals surface area contributed by atoms with E-state index in [1.165, 1.54) is 26.3 Å². The number of aryl methyl sites for hydroxylation is 1. The van der Waals surface area contributed by atoms with E-state index in [1.54, 1.807) is 30.3 Å². The Bertz CT molecular complexity index is 1010. The summed E-state index contributed by atoms with van der Waals surface area (Å²) in [6, 6.07) is 11.0. The van der Waals surface area contributed by atoms with E-state index in [9.17, 15) is 14.0 Å². The number of fused-ring (bicyclic) bond motifs is 1. The third-order valence-electron chi connectivity index (χ3n) is 3.74. The maximum absolute atomic E-state index is 13.7. The van der Waals surface area contributed by atoms with Gasteiger partial charge in [-0.1, -0.05) is 24.3 Å². The van der Waals surface area contributed by atoms with E-state index in [-0.39, 0.29) is 23.6 Å². The zero-order chi connectivity index (χ0) is 18.0. The van der Waals surface area contributed by atoms with Gasteiger partial charge >= 0.3 is 5.97 Å². The molecule has 0 aliphatic rings. The predicted molar refractivity (Wildman–Crippen MR) is 89.1 cm³/mol. The summed E-state index contributed by atoms with van der Waals surface area (Å²) in [5.41, 5.74) is 0.205. The zero-order valence-electron chi connectivity index (χ0n) is 13.7. The lowest BCUT2D eigenvalue weighted by molar-refractivity contribution is 0.0465. The molecule has 0 radical (unpaired) electrons. The first kappa shape index (κ1) is 16.6. The standard InChI is InChI=1S/C18H15FN2O4/c1-21-17(22)13-6-4-3-5-12(13)16(20-21)18(23)25-10-11-7-8-15(24-2)14(19)9-11/h3-9H,10H2,1-2H3. The minimum atomic E-state index is -0.692. The third kappa shape index (κ3) is 3.21. The Morgan fingerprint density at radius 2 is 1.92 bits per heavy atom. The van der Waals surface area contributed by atoms with Gasteiger partial charge in [0.25, 0.3) is 5.56 Å². The second-order valence-electron chi connectivity index (χ2n) is 5.37. The molecule has 0 atom stereocenters. The molecule has 0 bridgehead atoms. The molecule has 0 spiro atoms. The summed E-state index contributed by atoms with van der Waals surface area (Å²) in [5.74, 6) is -1.12. The summed E-state index contributed by atoms with van der Waals surface area (Å²) < 4.78 is 24.8. The maximum atomic E-state index is 13.7. The average Bonchev–Trinajstić information content (AvgIpc) is 2.63. The summed E-state index contributed by atoms with van der Waals surface area (Å²) in [4.78, 5) is 24.5. The first-order chi connectivity index (χ1) is 12.0. The predicted octanol–water partition coefficient (Wildman–Crippen LogP) is 2.44. The number of hydrogen-bond acceptors (Lipinski definition) is 5. The Labute approximate surface area is 142 Å². The van der Waals surface area contributed by atoms with E-state index in [4.69, 9.17) is 9.47 Å². The van der Waals surface area contributed by atoms with Crippen molar-refractivity contribution in [1.29, 1.82) is 0 Å². The number of aromatic nitrogens is 2. The van der Waals surface area contributed by atoms with E-state index in [0.717, 1.165) is 4.68 Å². The van der Waals surface area contributed by atoms with E-state index in [1.807, 2.05) is 0 Å². The first-order valence-corrected chi connectivity index (χ1v) is 7.47. The highest BCUT2D eigenvalue weighted by Gasteiger charge is 2.17. The fraction of sp³-hybridized carbons (Fsp3) is 0.167. The molecule has 0 aliphatic heterocycles. The van der Waals surface area contributed by atoms with Gasteiger partial charge in [0.2, 0.25) is 0 Å². The molecule has 2 aromatic carbocycles. The van der Waals surface area contributed by atoms with Crippen molar-refractivity contribution in [2.75, 3.05) is 7.11 Å². The lowest BCUT2D eigenvalue weighted by Crippen LogP contribution is -2.23. The van der Waals surface area contributed by atoms with Crippen molar-refractivity contribution in [1.82, 2.24) is 9.78 Å². The van der Waals surface area contributed by atoms with Gasteiger partial charge in [-0.25, -0.2) is 13.9 Å². The molecule has 0 fully saturated rings. The minimum Gasteiger partial charge on any atom is -0.494 e. The van der Waals surface area contributed by atoms with Crippen LogP contribution in [0.4, 0.5) is 4.39 Å². The number of methoxy groups -OCH3 is 1. The van der Waals surface area contributed by atoms with E-state index in [2.05, 4.69) is 5.10 Å². The maximum Gasteiger partial charge on any atom is 0.359 e. The molecule has 6 nitrogen and oxygen atoms in total. The summed E-state index contributed by atoms with van der Waals surface area (Å²) >= 11 is 0. The van der Waals surface area contributed by atoms with Gasteiger partial charge in [-0.3, -0.25) is 4.79 Å². The normalized spacial score (nSPS) is 10.7. The number of carbonyl (C=O) groups excluding carboxylic acids is 1. The molecule has 0 saturated heterocycles. The SMILES string of the molecule is COc1ccc(COC(=O)c2nn(C)c(=O)c3ccccc23)cc1F. The van der Waals surface area contributed by atoms with Crippen molar-refractivity contribution in [3.8, 4) is 5.75 Å². The highest BCUT2D eigenvalue weighted by Crippen LogP contribution is 2.19. The van der Waals surface area contributed by atoms with E-state index < -0.39 is 11.8 Å². The van der Waals surface area contributed by atoms with Gasteiger partial charge in [0.1, 0.15) is 6.61 Å². The molecule has 25 heavy (non-hydrogen) atoms. The zero-order valence-corrected chi connectivity index (χ0v) is 13.7. The van der Waals surface area contributed by atoms with Gasteiger partial charge in [-0.05, 0) is 23.8 Å². The lowest BCUT2D eigenvalue weighted by atomic mass is 10.1. The summed E-state index contributed by atoms with van der Waals surface area (Å²) in [7, 11) is 2.83. The summed E-state index contributed by atoms with van der Waals surface area (Å²) in [6.07, 6.45) is 0. The number of rotatable bonds is 4. The molecule has 7 heteroatoms. The molecule has 1 aromatic heterocycles. The van der Waals surface area contributed by atoms with Gasteiger partial charge in [-0.15, -0.1) is 0 Å². The fourth-order valence-corrected chi connectivity index (χ4v) is 2.47. The largest absolute Gasteiger partial charge is 0.494 e. The van der Waals surface area contributed by atoms with Crippen LogP contribution < -0.4 is 10.3 Å². The summed E-state index contributed by atoms with van der Waals surface area (Å²) in [5, 5.41) is 4.78. The van der Waals surface area contributed by atoms with Gasteiger partial charge in [-0.2, -0.15) is 5.10 Å². The fourth-order valence-electron chi connectivity index (χ4n) is 2.47. The van der Waals surface area contributed by atoms with Crippen molar-refractivity contribution >= 4 is 16.7 Å². The molecule has 0 unspecified atom stereocenters. The monoisotopic (exact) mass is 342 g/mol. The van der Waals surface area contributed by atoms with Crippen LogP contribution in [0.5, 0.6) is 5.75 Å². The second-order valence-corrected chi connectivity index (χ2v) is 5.37. The number of halogens is 1. The number of benzene rings is 2. The molecule has 0 saturated carbocycles. The lowest BCUT2D eigenvalue weighted by Gasteiger charge is -2.09. The van der Waals surface area contributed by atoms with Crippen LogP contribution in [0.2, 0.25) is 0 Å². The van der Waals surface area contributed by atoms with Crippen LogP contribution in [0.15, 0.2) is 47.3 Å². The van der Waals surface area contributed by atoms with Gasteiger partial charge in [0.05, 0.1) is 12.5 Å². The third-order valence-corrected chi connectivity index (χ3v) is 3.74. The molecule has 128 valence electrons. The molecule has 1 heterocycles. The van der Waals surface area contributed by atoms with Crippen LogP contribution in [-0.2, 0) is 18.4 Å². The van der Waals surface area contributed by atoms with E-state index >= 15 is 0 Å². The summed E-state index contributed by atoms with van der Waals surface area (Å²) in [6.45, 7) is -0.126. The Hall–Kier alpha value is -3.22. The van der Waals surface area contributed by atoms with Crippen molar-refractivity contribution in [3.63, 3.8) is 0 Å². The Balaban J connectivity index is 1.87. The van der Waals surface area contributed by atoms with Crippen molar-refractivity contribution in [3.05, 3.63) is 69.9 Å². The Morgan fingerprint density at radius 1 is 1.20 bits per heavy atom. The number of ether oxygens (including phenoxy) is 2. The Morgan fingerprint density at radius 3 is 2.60 bits per heavy atom. The van der Waals surface area contributed by atoms with Crippen LogP contribution in [0, 0.1) is 5.82 Å². The van der Waals surface area contributed by atoms with Gasteiger partial charge in [0.15, 0.2) is 17.3 Å². The quantitative estimate of drug-likeness (QED) is 0.681. The number of hydrogen-bond donors (Lipinski definition) is 0. The molecule has 0 aliphatic carbocycles. The van der Waals surface area contributed by atoms with Crippen LogP contribution in [-0.4, -0.2) is 22.9 Å². The van der Waals surface area contributed by atoms with Crippen molar-refractivity contribution in [2.45, 2.75) is 6.61 Å². The van der Waals surface area contributed by atoms with Crippen LogP contribution in [0.3, 0.4) is 0 Å². The Kier molecular flexibility index (Phi) is 4.47. The number of carbonyl (C=O) groups is 1. The van der Waals surface area contributed by atoms with Crippen molar-refractivity contribution in [2.24, 2.45) is 7.05 Å². The molecular weight excluding hydrogens is 327 g/mol. The minimum absolute atomic E-state index is 0.0340. The van der Waals surface area contributed by atoms with Crippen molar-refractivity contribution < 1.29 is 18.7 Å².